The highest BCUT2D eigenvalue weighted by molar-refractivity contribution is 7.92. The standard InChI is InChI=1S/C23H21NO6S/c1-24(18-7-3-2-4-8-18)31(26,27)20-13-11-17(12-14-20)23(25)29-16-19-15-28-21-9-5-6-10-22(21)30-19/h2-14,19H,15-16H2,1H3/t19-/m1/s1. The lowest BCUT2D eigenvalue weighted by Gasteiger charge is -2.26. The van der Waals surface area contributed by atoms with Gasteiger partial charge in [-0.05, 0) is 48.5 Å². The molecular formula is C23H21NO6S. The van der Waals surface area contributed by atoms with E-state index in [0.717, 1.165) is 0 Å². The van der Waals surface area contributed by atoms with Crippen molar-refractivity contribution in [3.8, 4) is 11.5 Å². The Labute approximate surface area is 180 Å². The van der Waals surface area contributed by atoms with Gasteiger partial charge in [-0.3, -0.25) is 4.31 Å². The van der Waals surface area contributed by atoms with Crippen LogP contribution in [0.4, 0.5) is 5.69 Å². The maximum Gasteiger partial charge on any atom is 0.338 e. The van der Waals surface area contributed by atoms with Crippen molar-refractivity contribution < 1.29 is 27.4 Å². The van der Waals surface area contributed by atoms with Gasteiger partial charge in [0.25, 0.3) is 10.0 Å². The molecule has 1 aliphatic rings. The van der Waals surface area contributed by atoms with Gasteiger partial charge >= 0.3 is 5.97 Å². The number of para-hydroxylation sites is 3. The van der Waals surface area contributed by atoms with Crippen LogP contribution >= 0.6 is 0 Å². The van der Waals surface area contributed by atoms with E-state index in [0.29, 0.717) is 17.2 Å². The minimum atomic E-state index is -3.75. The number of nitrogens with zero attached hydrogens (tertiary/aromatic N) is 1. The van der Waals surface area contributed by atoms with Crippen LogP contribution in [-0.2, 0) is 14.8 Å². The van der Waals surface area contributed by atoms with Crippen molar-refractivity contribution in [2.45, 2.75) is 11.0 Å². The van der Waals surface area contributed by atoms with Gasteiger partial charge in [-0.15, -0.1) is 0 Å². The van der Waals surface area contributed by atoms with E-state index >= 15 is 0 Å². The molecule has 0 spiro atoms. The average Bonchev–Trinajstić information content (AvgIpc) is 2.82. The van der Waals surface area contributed by atoms with Crippen LogP contribution in [0.25, 0.3) is 0 Å². The van der Waals surface area contributed by atoms with Crippen LogP contribution in [0.15, 0.2) is 83.8 Å². The summed E-state index contributed by atoms with van der Waals surface area (Å²) in [5.74, 6) is 0.692. The molecule has 31 heavy (non-hydrogen) atoms. The minimum Gasteiger partial charge on any atom is -0.486 e. The third kappa shape index (κ3) is 4.49. The number of rotatable bonds is 6. The lowest BCUT2D eigenvalue weighted by molar-refractivity contribution is 0.0109. The minimum absolute atomic E-state index is 0.0178. The summed E-state index contributed by atoms with van der Waals surface area (Å²) in [6.07, 6.45) is -0.418. The van der Waals surface area contributed by atoms with Gasteiger partial charge in [0, 0.05) is 7.05 Å². The van der Waals surface area contributed by atoms with Crippen molar-refractivity contribution in [1.82, 2.24) is 0 Å². The van der Waals surface area contributed by atoms with E-state index < -0.39 is 22.1 Å². The normalized spacial score (nSPS) is 15.2. The number of fused-ring (bicyclic) bond motifs is 1. The van der Waals surface area contributed by atoms with Gasteiger partial charge in [0.05, 0.1) is 16.1 Å². The SMILES string of the molecule is CN(c1ccccc1)S(=O)(=O)c1ccc(C(=O)OC[C@H]2COc3ccccc3O2)cc1. The molecule has 0 unspecified atom stereocenters. The molecule has 1 atom stereocenters. The lowest BCUT2D eigenvalue weighted by Crippen LogP contribution is -2.34. The molecular weight excluding hydrogens is 418 g/mol. The van der Waals surface area contributed by atoms with Crippen LogP contribution in [0.2, 0.25) is 0 Å². The lowest BCUT2D eigenvalue weighted by atomic mass is 10.2. The molecule has 8 heteroatoms. The fourth-order valence-electron chi connectivity index (χ4n) is 3.09. The van der Waals surface area contributed by atoms with E-state index in [2.05, 4.69) is 0 Å². The number of hydrogen-bond donors (Lipinski definition) is 0. The van der Waals surface area contributed by atoms with Gasteiger partial charge in [0.15, 0.2) is 17.6 Å². The second kappa shape index (κ2) is 8.69. The Morgan fingerprint density at radius 3 is 2.32 bits per heavy atom. The van der Waals surface area contributed by atoms with Gasteiger partial charge in [-0.25, -0.2) is 13.2 Å². The number of ether oxygens (including phenoxy) is 3. The first-order chi connectivity index (χ1) is 14.9. The zero-order valence-corrected chi connectivity index (χ0v) is 17.6. The number of benzene rings is 3. The fraction of sp³-hybridized carbons (Fsp3) is 0.174. The van der Waals surface area contributed by atoms with Crippen LogP contribution in [0.3, 0.4) is 0 Å². The summed E-state index contributed by atoms with van der Waals surface area (Å²) in [5, 5.41) is 0. The molecule has 7 nitrogen and oxygen atoms in total. The van der Waals surface area contributed by atoms with Crippen molar-refractivity contribution in [3.05, 3.63) is 84.4 Å². The van der Waals surface area contributed by atoms with E-state index in [1.807, 2.05) is 24.3 Å². The van der Waals surface area contributed by atoms with E-state index in [4.69, 9.17) is 14.2 Å². The monoisotopic (exact) mass is 439 g/mol. The number of hydrogen-bond acceptors (Lipinski definition) is 6. The topological polar surface area (TPSA) is 82.1 Å². The maximum atomic E-state index is 12.8. The predicted octanol–water partition coefficient (Wildman–Crippen LogP) is 3.51. The van der Waals surface area contributed by atoms with Crippen LogP contribution < -0.4 is 13.8 Å². The quantitative estimate of drug-likeness (QED) is 0.547. The van der Waals surface area contributed by atoms with Gasteiger partial charge < -0.3 is 14.2 Å². The largest absolute Gasteiger partial charge is 0.486 e. The van der Waals surface area contributed by atoms with E-state index in [-0.39, 0.29) is 23.7 Å². The molecule has 1 aliphatic heterocycles. The Balaban J connectivity index is 1.38. The Bertz CT molecular complexity index is 1160. The van der Waals surface area contributed by atoms with Crippen LogP contribution in [0, 0.1) is 0 Å². The second-order valence-electron chi connectivity index (χ2n) is 6.93. The van der Waals surface area contributed by atoms with Gasteiger partial charge in [0.2, 0.25) is 0 Å². The molecule has 0 aromatic heterocycles. The second-order valence-corrected chi connectivity index (χ2v) is 8.90. The Morgan fingerprint density at radius 2 is 1.61 bits per heavy atom. The van der Waals surface area contributed by atoms with E-state index in [1.165, 1.54) is 35.6 Å². The summed E-state index contributed by atoms with van der Waals surface area (Å²) in [4.78, 5) is 12.5. The highest BCUT2D eigenvalue weighted by Gasteiger charge is 2.24. The van der Waals surface area contributed by atoms with Crippen LogP contribution in [0.1, 0.15) is 10.4 Å². The summed E-state index contributed by atoms with van der Waals surface area (Å²) in [6.45, 7) is 0.289. The molecule has 0 saturated carbocycles. The Kier molecular flexibility index (Phi) is 5.81. The summed E-state index contributed by atoms with van der Waals surface area (Å²) in [6, 6.07) is 21.7. The number of sulfonamides is 1. The predicted molar refractivity (Wildman–Crippen MR) is 115 cm³/mol. The van der Waals surface area contributed by atoms with Crippen molar-refractivity contribution in [1.29, 1.82) is 0 Å². The third-order valence-corrected chi connectivity index (χ3v) is 6.64. The number of carbonyl (C=O) groups is 1. The molecule has 160 valence electrons. The third-order valence-electron chi connectivity index (χ3n) is 4.84. The van der Waals surface area contributed by atoms with Crippen molar-refractivity contribution in [2.75, 3.05) is 24.6 Å². The van der Waals surface area contributed by atoms with Gasteiger partial charge in [-0.2, -0.15) is 0 Å². The molecule has 0 amide bonds. The van der Waals surface area contributed by atoms with Gasteiger partial charge in [0.1, 0.15) is 13.2 Å². The summed E-state index contributed by atoms with van der Waals surface area (Å²) in [7, 11) is -2.26. The van der Waals surface area contributed by atoms with Crippen LogP contribution in [-0.4, -0.2) is 40.8 Å². The van der Waals surface area contributed by atoms with Crippen molar-refractivity contribution in [2.24, 2.45) is 0 Å². The summed E-state index contributed by atoms with van der Waals surface area (Å²) < 4.78 is 43.5. The molecule has 0 aliphatic carbocycles. The van der Waals surface area contributed by atoms with Crippen molar-refractivity contribution >= 4 is 21.7 Å². The molecule has 4 rings (SSSR count). The summed E-state index contributed by atoms with van der Waals surface area (Å²) in [5.41, 5.74) is 0.792. The summed E-state index contributed by atoms with van der Waals surface area (Å²) >= 11 is 0. The Hall–Kier alpha value is -3.52. The first kappa shape index (κ1) is 20.7. The van der Waals surface area contributed by atoms with Crippen molar-refractivity contribution in [3.63, 3.8) is 0 Å². The average molecular weight is 439 g/mol. The highest BCUT2D eigenvalue weighted by atomic mass is 32.2. The van der Waals surface area contributed by atoms with Crippen LogP contribution in [0.5, 0.6) is 11.5 Å². The zero-order valence-electron chi connectivity index (χ0n) is 16.8. The number of anilines is 1. The van der Waals surface area contributed by atoms with Gasteiger partial charge in [-0.1, -0.05) is 30.3 Å². The molecule has 1 heterocycles. The van der Waals surface area contributed by atoms with E-state index in [1.54, 1.807) is 30.3 Å². The number of esters is 1. The maximum absolute atomic E-state index is 12.8. The highest BCUT2D eigenvalue weighted by Crippen LogP contribution is 2.31. The molecule has 0 saturated heterocycles. The molecule has 3 aromatic rings. The molecule has 0 bridgehead atoms. The smallest absolute Gasteiger partial charge is 0.338 e. The Morgan fingerprint density at radius 1 is 0.968 bits per heavy atom. The molecule has 0 radical (unpaired) electrons. The number of carbonyl (C=O) groups excluding carboxylic acids is 1. The first-order valence-corrected chi connectivity index (χ1v) is 11.1. The molecule has 3 aromatic carbocycles. The first-order valence-electron chi connectivity index (χ1n) is 9.65. The van der Waals surface area contributed by atoms with E-state index in [9.17, 15) is 13.2 Å². The molecule has 0 N–H and O–H groups in total. The molecule has 0 fully saturated rings. The zero-order chi connectivity index (χ0) is 21.8. The fourth-order valence-corrected chi connectivity index (χ4v) is 4.29.